The first-order valence-electron chi connectivity index (χ1n) is 10.4. The largest absolute Gasteiger partial charge is 0.491 e. The number of carbonyl (C=O) groups excluding carboxylic acids is 1. The number of ether oxygens (including phenoxy) is 1. The third-order valence-corrected chi connectivity index (χ3v) is 5.10. The van der Waals surface area contributed by atoms with Crippen molar-refractivity contribution in [3.05, 3.63) is 59.4 Å². The van der Waals surface area contributed by atoms with E-state index in [0.717, 1.165) is 66.9 Å². The lowest BCUT2D eigenvalue weighted by atomic mass is 10.1. The highest BCUT2D eigenvalue weighted by Crippen LogP contribution is 2.21. The number of carbonyl (C=O) groups is 1. The number of nitrogens with zero attached hydrogens (tertiary/aromatic N) is 2. The molecule has 0 bridgehead atoms. The van der Waals surface area contributed by atoms with Crippen LogP contribution >= 0.6 is 0 Å². The molecular formula is C24H31N3O2. The Hall–Kier alpha value is -2.82. The summed E-state index contributed by atoms with van der Waals surface area (Å²) in [6.45, 7) is 7.85. The molecule has 0 atom stereocenters. The van der Waals surface area contributed by atoms with Gasteiger partial charge in [-0.1, -0.05) is 30.7 Å². The fraction of sp³-hybridized carbons (Fsp3) is 0.417. The van der Waals surface area contributed by atoms with Crippen molar-refractivity contribution in [1.82, 2.24) is 14.9 Å². The van der Waals surface area contributed by atoms with Crippen LogP contribution in [0.2, 0.25) is 0 Å². The van der Waals surface area contributed by atoms with Crippen LogP contribution in [-0.4, -0.2) is 28.6 Å². The van der Waals surface area contributed by atoms with Gasteiger partial charge in [-0.3, -0.25) is 4.79 Å². The van der Waals surface area contributed by atoms with Gasteiger partial charge in [-0.05, 0) is 56.0 Å². The molecule has 0 fully saturated rings. The zero-order valence-corrected chi connectivity index (χ0v) is 17.7. The number of imidazole rings is 1. The molecule has 29 heavy (non-hydrogen) atoms. The molecule has 1 amide bonds. The Balaban J connectivity index is 1.62. The number of unbranched alkanes of at least 4 members (excludes halogenated alkanes) is 2. The average Bonchev–Trinajstić information content (AvgIpc) is 3.04. The Morgan fingerprint density at radius 1 is 1.10 bits per heavy atom. The molecule has 0 radical (unpaired) electrons. The maximum Gasteiger partial charge on any atom is 0.216 e. The predicted molar refractivity (Wildman–Crippen MR) is 117 cm³/mol. The van der Waals surface area contributed by atoms with Gasteiger partial charge >= 0.3 is 0 Å². The van der Waals surface area contributed by atoms with Crippen molar-refractivity contribution >= 4 is 16.9 Å². The molecular weight excluding hydrogens is 362 g/mol. The van der Waals surface area contributed by atoms with Crippen LogP contribution in [0.4, 0.5) is 0 Å². The lowest BCUT2D eigenvalue weighted by molar-refractivity contribution is -0.118. The summed E-state index contributed by atoms with van der Waals surface area (Å²) >= 11 is 0. The molecule has 3 aromatic rings. The van der Waals surface area contributed by atoms with Gasteiger partial charge < -0.3 is 14.6 Å². The summed E-state index contributed by atoms with van der Waals surface area (Å²) in [5.74, 6) is 2.10. The zero-order chi connectivity index (χ0) is 20.6. The lowest BCUT2D eigenvalue weighted by Crippen LogP contribution is -2.20. The van der Waals surface area contributed by atoms with Crippen LogP contribution in [0.1, 0.15) is 43.1 Å². The first-order valence-corrected chi connectivity index (χ1v) is 10.4. The summed E-state index contributed by atoms with van der Waals surface area (Å²) in [6, 6.07) is 14.6. The molecule has 1 N–H and O–H groups in total. The van der Waals surface area contributed by atoms with Crippen LogP contribution in [0, 0.1) is 13.8 Å². The second kappa shape index (κ2) is 10.1. The average molecular weight is 394 g/mol. The van der Waals surface area contributed by atoms with Gasteiger partial charge in [0.1, 0.15) is 18.2 Å². The zero-order valence-electron chi connectivity index (χ0n) is 17.7. The normalized spacial score (nSPS) is 11.0. The fourth-order valence-corrected chi connectivity index (χ4v) is 3.52. The molecule has 0 saturated carbocycles. The van der Waals surface area contributed by atoms with Crippen molar-refractivity contribution in [2.45, 2.75) is 53.0 Å². The Bertz CT molecular complexity index is 962. The lowest BCUT2D eigenvalue weighted by Gasteiger charge is -2.13. The van der Waals surface area contributed by atoms with Crippen LogP contribution in [0.25, 0.3) is 11.0 Å². The highest BCUT2D eigenvalue weighted by atomic mass is 16.5. The van der Waals surface area contributed by atoms with Gasteiger partial charge in [0.05, 0.1) is 17.6 Å². The molecule has 0 spiro atoms. The molecule has 3 rings (SSSR count). The minimum Gasteiger partial charge on any atom is -0.491 e. The monoisotopic (exact) mass is 393 g/mol. The molecule has 1 heterocycles. The van der Waals surface area contributed by atoms with Crippen molar-refractivity contribution in [2.75, 3.05) is 13.2 Å². The molecule has 2 aromatic carbocycles. The summed E-state index contributed by atoms with van der Waals surface area (Å²) in [7, 11) is 0. The Labute approximate surface area is 173 Å². The van der Waals surface area contributed by atoms with E-state index in [9.17, 15) is 4.79 Å². The quantitative estimate of drug-likeness (QED) is 0.513. The molecule has 5 nitrogen and oxygen atoms in total. The van der Waals surface area contributed by atoms with Crippen molar-refractivity contribution in [3.8, 4) is 5.75 Å². The number of amides is 1. The molecule has 0 aliphatic rings. The molecule has 154 valence electrons. The molecule has 5 heteroatoms. The summed E-state index contributed by atoms with van der Waals surface area (Å²) in [5, 5.41) is 2.85. The van der Waals surface area contributed by atoms with Crippen LogP contribution in [0.3, 0.4) is 0 Å². The Morgan fingerprint density at radius 2 is 1.93 bits per heavy atom. The number of aryl methyl sites for hydroxylation is 3. The first kappa shape index (κ1) is 20.9. The van der Waals surface area contributed by atoms with Crippen LogP contribution in [-0.2, 0) is 17.8 Å². The fourth-order valence-electron chi connectivity index (χ4n) is 3.52. The SMILES string of the molecule is CC(=O)NCCCCCc1nc2ccccc2n1CCOc1cc(C)ccc1C. The Kier molecular flexibility index (Phi) is 7.28. The number of hydrogen-bond acceptors (Lipinski definition) is 3. The van der Waals surface area contributed by atoms with E-state index in [1.165, 1.54) is 5.56 Å². The molecule has 0 unspecified atom stereocenters. The van der Waals surface area contributed by atoms with Crippen molar-refractivity contribution < 1.29 is 9.53 Å². The Morgan fingerprint density at radius 3 is 2.76 bits per heavy atom. The number of hydrogen-bond donors (Lipinski definition) is 1. The summed E-state index contributed by atoms with van der Waals surface area (Å²) < 4.78 is 8.37. The smallest absolute Gasteiger partial charge is 0.216 e. The number of para-hydroxylation sites is 2. The van der Waals surface area contributed by atoms with Crippen molar-refractivity contribution in [3.63, 3.8) is 0 Å². The second-order valence-corrected chi connectivity index (χ2v) is 7.58. The summed E-state index contributed by atoms with van der Waals surface area (Å²) in [5.41, 5.74) is 4.56. The van der Waals surface area contributed by atoms with Gasteiger partial charge in [-0.2, -0.15) is 0 Å². The molecule has 0 aliphatic carbocycles. The van der Waals surface area contributed by atoms with E-state index in [1.807, 2.05) is 6.07 Å². The molecule has 0 aliphatic heterocycles. The number of rotatable bonds is 10. The molecule has 0 saturated heterocycles. The third-order valence-electron chi connectivity index (χ3n) is 5.10. The van der Waals surface area contributed by atoms with Gasteiger partial charge in [0.15, 0.2) is 0 Å². The van der Waals surface area contributed by atoms with E-state index < -0.39 is 0 Å². The van der Waals surface area contributed by atoms with Crippen molar-refractivity contribution in [1.29, 1.82) is 0 Å². The van der Waals surface area contributed by atoms with Crippen LogP contribution in [0.15, 0.2) is 42.5 Å². The summed E-state index contributed by atoms with van der Waals surface area (Å²) in [6.07, 6.45) is 4.05. The van der Waals surface area contributed by atoms with Crippen LogP contribution in [0.5, 0.6) is 5.75 Å². The van der Waals surface area contributed by atoms with Gasteiger partial charge in [-0.15, -0.1) is 0 Å². The van der Waals surface area contributed by atoms with Gasteiger partial charge in [0.25, 0.3) is 0 Å². The summed E-state index contributed by atoms with van der Waals surface area (Å²) in [4.78, 5) is 15.8. The van der Waals surface area contributed by atoms with Gasteiger partial charge in [0, 0.05) is 19.9 Å². The van der Waals surface area contributed by atoms with E-state index in [4.69, 9.17) is 9.72 Å². The van der Waals surface area contributed by atoms with E-state index in [-0.39, 0.29) is 5.91 Å². The predicted octanol–water partition coefficient (Wildman–Crippen LogP) is 4.58. The van der Waals surface area contributed by atoms with E-state index >= 15 is 0 Å². The second-order valence-electron chi connectivity index (χ2n) is 7.58. The topological polar surface area (TPSA) is 56.2 Å². The van der Waals surface area contributed by atoms with Gasteiger partial charge in [-0.25, -0.2) is 4.98 Å². The number of fused-ring (bicyclic) bond motifs is 1. The standard InChI is InChI=1S/C24H31N3O2/c1-18-12-13-19(2)23(17-18)29-16-15-27-22-10-7-6-9-21(22)26-24(27)11-5-4-8-14-25-20(3)28/h6-7,9-10,12-13,17H,4-5,8,11,14-16H2,1-3H3,(H,25,28). The van der Waals surface area contributed by atoms with Crippen molar-refractivity contribution in [2.24, 2.45) is 0 Å². The first-order chi connectivity index (χ1) is 14.0. The van der Waals surface area contributed by atoms with E-state index in [1.54, 1.807) is 6.92 Å². The highest BCUT2D eigenvalue weighted by Gasteiger charge is 2.10. The minimum atomic E-state index is 0.0376. The van der Waals surface area contributed by atoms with Gasteiger partial charge in [0.2, 0.25) is 5.91 Å². The number of nitrogens with one attached hydrogen (secondary N) is 1. The third kappa shape index (κ3) is 5.83. The maximum absolute atomic E-state index is 10.9. The number of benzene rings is 2. The molecule has 1 aromatic heterocycles. The maximum atomic E-state index is 10.9. The van der Waals surface area contributed by atoms with Crippen LogP contribution < -0.4 is 10.1 Å². The number of aromatic nitrogens is 2. The van der Waals surface area contributed by atoms with E-state index in [2.05, 4.69) is 60.1 Å². The minimum absolute atomic E-state index is 0.0376. The van der Waals surface area contributed by atoms with E-state index in [0.29, 0.717) is 6.61 Å². The highest BCUT2D eigenvalue weighted by molar-refractivity contribution is 5.75.